The Kier molecular flexibility index (Phi) is 4.50. The number of hydrogen-bond donors (Lipinski definition) is 0. The fourth-order valence-electron chi connectivity index (χ4n) is 1.48. The van der Waals surface area contributed by atoms with Crippen LogP contribution in [0.2, 0.25) is 0 Å². The largest absolute Gasteiger partial charge is 0.465 e. The number of aryl methyl sites for hydroxylation is 1. The van der Waals surface area contributed by atoms with E-state index in [-0.39, 0.29) is 18.1 Å². The number of rotatable bonds is 4. The van der Waals surface area contributed by atoms with Gasteiger partial charge in [-0.3, -0.25) is 4.79 Å². The number of ether oxygens (including phenoxy) is 1. The Morgan fingerprint density at radius 3 is 2.62 bits per heavy atom. The summed E-state index contributed by atoms with van der Waals surface area (Å²) in [5.74, 6) is -0.586. The number of esters is 1. The Bertz CT molecular complexity index is 413. The summed E-state index contributed by atoms with van der Waals surface area (Å²) in [5, 5.41) is 0. The molecule has 0 heterocycles. The maximum atomic E-state index is 11.5. The third kappa shape index (κ3) is 2.83. The van der Waals surface area contributed by atoms with E-state index in [4.69, 9.17) is 11.6 Å². The minimum absolute atomic E-state index is 0.0467. The average molecular weight is 241 g/mol. The lowest BCUT2D eigenvalue weighted by Gasteiger charge is -2.09. The number of Topliss-reactive ketones (excluding diaryl/α,β-unsaturated/α-hetero) is 1. The van der Waals surface area contributed by atoms with Crippen molar-refractivity contribution in [1.82, 2.24) is 0 Å². The molecule has 0 atom stereocenters. The molecule has 1 rings (SSSR count). The Morgan fingerprint density at radius 1 is 1.38 bits per heavy atom. The molecule has 0 aliphatic heterocycles. The van der Waals surface area contributed by atoms with E-state index in [0.29, 0.717) is 11.1 Å². The molecule has 0 radical (unpaired) electrons. The highest BCUT2D eigenvalue weighted by Crippen LogP contribution is 2.16. The Balaban J connectivity index is 3.13. The van der Waals surface area contributed by atoms with Gasteiger partial charge in [-0.15, -0.1) is 11.6 Å². The van der Waals surface area contributed by atoms with E-state index in [1.54, 1.807) is 12.1 Å². The summed E-state index contributed by atoms with van der Waals surface area (Å²) in [6.07, 6.45) is 0.167. The standard InChI is InChI=1S/C12H13ClO3/c1-8-4-3-5-10(12(15)16-2)11(8)6-9(14)7-13/h3-5H,6-7H2,1-2H3. The molecule has 0 unspecified atom stereocenters. The first kappa shape index (κ1) is 12.7. The summed E-state index contributed by atoms with van der Waals surface area (Å²) in [5.41, 5.74) is 2.02. The zero-order valence-corrected chi connectivity index (χ0v) is 10.0. The smallest absolute Gasteiger partial charge is 0.338 e. The van der Waals surface area contributed by atoms with Gasteiger partial charge in [0, 0.05) is 6.42 Å². The number of carbonyl (C=O) groups is 2. The van der Waals surface area contributed by atoms with E-state index in [2.05, 4.69) is 4.74 Å². The summed E-state index contributed by atoms with van der Waals surface area (Å²) in [6.45, 7) is 1.85. The van der Waals surface area contributed by atoms with Crippen molar-refractivity contribution in [3.8, 4) is 0 Å². The monoisotopic (exact) mass is 240 g/mol. The highest BCUT2D eigenvalue weighted by atomic mass is 35.5. The van der Waals surface area contributed by atoms with Gasteiger partial charge >= 0.3 is 5.97 Å². The fourth-order valence-corrected chi connectivity index (χ4v) is 1.58. The second kappa shape index (κ2) is 5.66. The molecule has 0 aliphatic carbocycles. The van der Waals surface area contributed by atoms with E-state index < -0.39 is 5.97 Å². The molecule has 0 bridgehead atoms. The highest BCUT2D eigenvalue weighted by molar-refractivity contribution is 6.27. The zero-order valence-electron chi connectivity index (χ0n) is 9.25. The first-order valence-electron chi connectivity index (χ1n) is 4.84. The molecule has 0 aromatic heterocycles. The van der Waals surface area contributed by atoms with Gasteiger partial charge in [-0.2, -0.15) is 0 Å². The van der Waals surface area contributed by atoms with Crippen molar-refractivity contribution < 1.29 is 14.3 Å². The second-order valence-corrected chi connectivity index (χ2v) is 3.71. The normalized spacial score (nSPS) is 9.94. The van der Waals surface area contributed by atoms with Crippen LogP contribution >= 0.6 is 11.6 Å². The molecule has 1 aromatic rings. The van der Waals surface area contributed by atoms with Crippen molar-refractivity contribution >= 4 is 23.4 Å². The first-order chi connectivity index (χ1) is 7.60. The van der Waals surface area contributed by atoms with Crippen molar-refractivity contribution in [2.24, 2.45) is 0 Å². The average Bonchev–Trinajstić information content (AvgIpc) is 2.30. The first-order valence-corrected chi connectivity index (χ1v) is 5.38. The predicted molar refractivity (Wildman–Crippen MR) is 61.9 cm³/mol. The quantitative estimate of drug-likeness (QED) is 0.598. The lowest BCUT2D eigenvalue weighted by Crippen LogP contribution is -2.12. The van der Waals surface area contributed by atoms with E-state index in [1.165, 1.54) is 7.11 Å². The van der Waals surface area contributed by atoms with Crippen molar-refractivity contribution in [2.45, 2.75) is 13.3 Å². The van der Waals surface area contributed by atoms with Gasteiger partial charge < -0.3 is 4.74 Å². The molecule has 0 fully saturated rings. The summed E-state index contributed by atoms with van der Waals surface area (Å²) < 4.78 is 4.66. The number of carbonyl (C=O) groups excluding carboxylic acids is 2. The number of benzene rings is 1. The van der Waals surface area contributed by atoms with Gasteiger partial charge in [0.1, 0.15) is 0 Å². The minimum atomic E-state index is -0.430. The van der Waals surface area contributed by atoms with Gasteiger partial charge in [0.05, 0.1) is 18.6 Å². The van der Waals surface area contributed by atoms with Crippen molar-refractivity contribution in [2.75, 3.05) is 13.0 Å². The minimum Gasteiger partial charge on any atom is -0.465 e. The van der Waals surface area contributed by atoms with E-state index in [0.717, 1.165) is 5.56 Å². The van der Waals surface area contributed by atoms with Crippen LogP contribution in [-0.4, -0.2) is 24.7 Å². The van der Waals surface area contributed by atoms with Crippen LogP contribution in [0.5, 0.6) is 0 Å². The zero-order chi connectivity index (χ0) is 12.1. The topological polar surface area (TPSA) is 43.4 Å². The van der Waals surface area contributed by atoms with Gasteiger partial charge in [0.25, 0.3) is 0 Å². The summed E-state index contributed by atoms with van der Waals surface area (Å²) in [6, 6.07) is 5.26. The van der Waals surface area contributed by atoms with Crippen LogP contribution in [0, 0.1) is 6.92 Å². The van der Waals surface area contributed by atoms with Crippen molar-refractivity contribution in [1.29, 1.82) is 0 Å². The number of alkyl halides is 1. The summed E-state index contributed by atoms with van der Waals surface area (Å²) >= 11 is 5.45. The SMILES string of the molecule is COC(=O)c1cccc(C)c1CC(=O)CCl. The molecule has 0 spiro atoms. The summed E-state index contributed by atoms with van der Waals surface area (Å²) in [4.78, 5) is 22.8. The molecule has 0 N–H and O–H groups in total. The number of hydrogen-bond acceptors (Lipinski definition) is 3. The van der Waals surface area contributed by atoms with Crippen molar-refractivity contribution in [3.05, 3.63) is 34.9 Å². The number of ketones is 1. The van der Waals surface area contributed by atoms with Crippen LogP contribution in [0.3, 0.4) is 0 Å². The van der Waals surface area contributed by atoms with Crippen LogP contribution in [0.15, 0.2) is 18.2 Å². The number of halogens is 1. The van der Waals surface area contributed by atoms with E-state index in [1.807, 2.05) is 13.0 Å². The lowest BCUT2D eigenvalue weighted by atomic mass is 9.97. The van der Waals surface area contributed by atoms with Gasteiger partial charge in [-0.1, -0.05) is 12.1 Å². The third-order valence-electron chi connectivity index (χ3n) is 2.34. The van der Waals surface area contributed by atoms with Gasteiger partial charge in [0.15, 0.2) is 5.78 Å². The molecule has 4 heteroatoms. The van der Waals surface area contributed by atoms with Crippen LogP contribution < -0.4 is 0 Å². The molecule has 1 aromatic carbocycles. The van der Waals surface area contributed by atoms with Crippen LogP contribution in [0.25, 0.3) is 0 Å². The van der Waals surface area contributed by atoms with Crippen LogP contribution in [0.1, 0.15) is 21.5 Å². The molecule has 0 aliphatic rings. The van der Waals surface area contributed by atoms with Gasteiger partial charge in [-0.25, -0.2) is 4.79 Å². The predicted octanol–water partition coefficient (Wildman–Crippen LogP) is 2.13. The maximum Gasteiger partial charge on any atom is 0.338 e. The number of methoxy groups -OCH3 is 1. The molecule has 16 heavy (non-hydrogen) atoms. The summed E-state index contributed by atoms with van der Waals surface area (Å²) in [7, 11) is 1.32. The Morgan fingerprint density at radius 2 is 2.06 bits per heavy atom. The molecular formula is C12H13ClO3. The van der Waals surface area contributed by atoms with Gasteiger partial charge in [0.2, 0.25) is 0 Å². The lowest BCUT2D eigenvalue weighted by molar-refractivity contribution is -0.116. The molecular weight excluding hydrogens is 228 g/mol. The highest BCUT2D eigenvalue weighted by Gasteiger charge is 2.15. The molecule has 86 valence electrons. The second-order valence-electron chi connectivity index (χ2n) is 3.44. The molecule has 3 nitrogen and oxygen atoms in total. The Labute approximate surface area is 99.4 Å². The van der Waals surface area contributed by atoms with Gasteiger partial charge in [-0.05, 0) is 24.1 Å². The van der Waals surface area contributed by atoms with E-state index >= 15 is 0 Å². The fraction of sp³-hybridized carbons (Fsp3) is 0.333. The third-order valence-corrected chi connectivity index (χ3v) is 2.64. The van der Waals surface area contributed by atoms with E-state index in [9.17, 15) is 9.59 Å². The maximum absolute atomic E-state index is 11.5. The van der Waals surface area contributed by atoms with Crippen molar-refractivity contribution in [3.63, 3.8) is 0 Å². The molecule has 0 saturated carbocycles. The Hall–Kier alpha value is -1.35. The van der Waals surface area contributed by atoms with Crippen LogP contribution in [0.4, 0.5) is 0 Å². The molecule has 0 saturated heterocycles. The van der Waals surface area contributed by atoms with Crippen LogP contribution in [-0.2, 0) is 16.0 Å². The molecule has 0 amide bonds.